The maximum absolute atomic E-state index is 12.9. The van der Waals surface area contributed by atoms with Gasteiger partial charge in [0.1, 0.15) is 19.3 Å². The minimum absolute atomic E-state index is 0.0277. The normalized spacial score (nSPS) is 16.6. The van der Waals surface area contributed by atoms with E-state index in [1.807, 2.05) is 0 Å². The lowest BCUT2D eigenvalue weighted by molar-refractivity contribution is -0.385. The first kappa shape index (κ1) is 27.4. The third kappa shape index (κ3) is 7.64. The first-order chi connectivity index (χ1) is 17.7. The summed E-state index contributed by atoms with van der Waals surface area (Å²) in [5, 5.41) is 20.6. The monoisotopic (exact) mass is 533 g/mol. The Morgan fingerprint density at radius 3 is 1.89 bits per heavy atom. The lowest BCUT2D eigenvalue weighted by Crippen LogP contribution is -2.41. The highest BCUT2D eigenvalue weighted by Crippen LogP contribution is 2.30. The van der Waals surface area contributed by atoms with Gasteiger partial charge in [-0.2, -0.15) is 0 Å². The Bertz CT molecular complexity index is 1070. The lowest BCUT2D eigenvalue weighted by atomic mass is 10.2. The smallest absolute Gasteiger partial charge is 0.410 e. The van der Waals surface area contributed by atoms with Gasteiger partial charge in [0, 0.05) is 36.1 Å². The van der Waals surface area contributed by atoms with Crippen molar-refractivity contribution in [3.8, 4) is 0 Å². The molecule has 13 nitrogen and oxygen atoms in total. The van der Waals surface area contributed by atoms with Crippen LogP contribution in [-0.4, -0.2) is 56.6 Å². The van der Waals surface area contributed by atoms with Crippen LogP contribution in [0.15, 0.2) is 48.5 Å². The number of rotatable bonds is 9. The second-order valence-electron chi connectivity index (χ2n) is 7.84. The molecule has 2 atom stereocenters. The number of amides is 1. The summed E-state index contributed by atoms with van der Waals surface area (Å²) in [6.07, 6.45) is -0.697. The summed E-state index contributed by atoms with van der Waals surface area (Å²) < 4.78 is 15.6. The largest absolute Gasteiger partial charge is 0.459 e. The van der Waals surface area contributed by atoms with Crippen molar-refractivity contribution in [3.63, 3.8) is 0 Å². The molecule has 37 heavy (non-hydrogen) atoms. The Balaban J connectivity index is 1.65. The number of thioether (sulfide) groups is 1. The second-order valence-corrected chi connectivity index (χ2v) is 9.07. The van der Waals surface area contributed by atoms with Gasteiger partial charge in [-0.1, -0.05) is 0 Å². The van der Waals surface area contributed by atoms with Crippen molar-refractivity contribution in [1.82, 2.24) is 4.90 Å². The van der Waals surface area contributed by atoms with Gasteiger partial charge < -0.3 is 14.2 Å². The summed E-state index contributed by atoms with van der Waals surface area (Å²) in [7, 11) is 0. The number of nitro groups is 2. The number of benzene rings is 2. The molecule has 3 rings (SSSR count). The van der Waals surface area contributed by atoms with E-state index in [9.17, 15) is 34.6 Å². The average Bonchev–Trinajstić information content (AvgIpc) is 3.30. The number of carbonyl (C=O) groups is 3. The van der Waals surface area contributed by atoms with Gasteiger partial charge in [-0.05, 0) is 60.5 Å². The van der Waals surface area contributed by atoms with E-state index >= 15 is 0 Å². The van der Waals surface area contributed by atoms with Gasteiger partial charge in [0.05, 0.1) is 16.5 Å². The zero-order valence-electron chi connectivity index (χ0n) is 19.6. The van der Waals surface area contributed by atoms with Crippen LogP contribution in [0.2, 0.25) is 0 Å². The molecule has 0 radical (unpaired) electrons. The maximum Gasteiger partial charge on any atom is 0.410 e. The highest BCUT2D eigenvalue weighted by atomic mass is 32.2. The number of hydrogen-bond acceptors (Lipinski definition) is 11. The molecule has 0 spiro atoms. The predicted octanol–water partition coefficient (Wildman–Crippen LogP) is 4.22. The first-order valence-electron chi connectivity index (χ1n) is 11.1. The molecule has 0 aliphatic carbocycles. The van der Waals surface area contributed by atoms with E-state index < -0.39 is 38.5 Å². The second kappa shape index (κ2) is 12.7. The molecule has 1 heterocycles. The number of hydrogen-bond donors (Lipinski definition) is 0. The van der Waals surface area contributed by atoms with E-state index in [4.69, 9.17) is 14.2 Å². The molecule has 1 aliphatic rings. The summed E-state index contributed by atoms with van der Waals surface area (Å²) in [6.45, 7) is 1.51. The summed E-state index contributed by atoms with van der Waals surface area (Å²) in [6, 6.07) is 9.90. The molecule has 0 saturated carbocycles. The van der Waals surface area contributed by atoms with Crippen molar-refractivity contribution < 1.29 is 38.4 Å². The molecule has 2 aromatic carbocycles. The molecule has 1 aliphatic heterocycles. The molecule has 0 aromatic heterocycles. The number of likely N-dealkylation sites (tertiary alicyclic amines) is 1. The number of ether oxygens (including phenoxy) is 3. The standard InChI is InChI=1S/C23H23N3O10S/c1-2-34-23(29)37-19-11-20(21(27)35-13-15-3-7-17(8-4-15)25(30)31)24(12-19)22(28)36-14-16-5-9-18(10-6-16)26(32)33/h3-10,19-20H,2,11-14H2,1H3/t19-,20-/m0/s1. The van der Waals surface area contributed by atoms with Crippen LogP contribution in [0.5, 0.6) is 0 Å². The van der Waals surface area contributed by atoms with Crippen molar-refractivity contribution >= 4 is 40.5 Å². The SMILES string of the molecule is CCOC(=O)S[C@H]1C[C@@H](C(=O)OCc2ccc([N+](=O)[O-])cc2)N(C(=O)OCc2ccc([N+](=O)[O-])cc2)C1. The van der Waals surface area contributed by atoms with E-state index in [-0.39, 0.29) is 44.2 Å². The van der Waals surface area contributed by atoms with E-state index in [0.717, 1.165) is 11.8 Å². The summed E-state index contributed by atoms with van der Waals surface area (Å²) in [5.74, 6) is -0.724. The van der Waals surface area contributed by atoms with Crippen LogP contribution in [0.1, 0.15) is 24.5 Å². The minimum Gasteiger partial charge on any atom is -0.459 e. The summed E-state index contributed by atoms with van der Waals surface area (Å²) >= 11 is 0.866. The summed E-state index contributed by atoms with van der Waals surface area (Å²) in [5.41, 5.74) is 0.811. The van der Waals surface area contributed by atoms with Crippen molar-refractivity contribution in [3.05, 3.63) is 79.9 Å². The van der Waals surface area contributed by atoms with Crippen molar-refractivity contribution in [2.45, 2.75) is 37.9 Å². The molecule has 0 bridgehead atoms. The van der Waals surface area contributed by atoms with Gasteiger partial charge in [0.25, 0.3) is 11.4 Å². The molecule has 1 fully saturated rings. The fourth-order valence-corrected chi connectivity index (χ4v) is 4.47. The third-order valence-electron chi connectivity index (χ3n) is 5.33. The fraction of sp³-hybridized carbons (Fsp3) is 0.348. The minimum atomic E-state index is -1.03. The van der Waals surface area contributed by atoms with Crippen LogP contribution in [0.4, 0.5) is 21.0 Å². The fourth-order valence-electron chi connectivity index (χ4n) is 3.50. The predicted molar refractivity (Wildman–Crippen MR) is 130 cm³/mol. The van der Waals surface area contributed by atoms with Gasteiger partial charge in [0.2, 0.25) is 0 Å². The Morgan fingerprint density at radius 2 is 1.41 bits per heavy atom. The van der Waals surface area contributed by atoms with Crippen LogP contribution >= 0.6 is 11.8 Å². The molecule has 0 N–H and O–H groups in total. The zero-order valence-corrected chi connectivity index (χ0v) is 20.5. The number of esters is 1. The van der Waals surface area contributed by atoms with Crippen molar-refractivity contribution in [2.75, 3.05) is 13.2 Å². The molecule has 1 amide bonds. The quantitative estimate of drug-likeness (QED) is 0.196. The highest BCUT2D eigenvalue weighted by molar-refractivity contribution is 8.13. The lowest BCUT2D eigenvalue weighted by Gasteiger charge is -2.22. The van der Waals surface area contributed by atoms with Gasteiger partial charge in [-0.25, -0.2) is 14.4 Å². The molecule has 196 valence electrons. The first-order valence-corrected chi connectivity index (χ1v) is 12.0. The van der Waals surface area contributed by atoms with Crippen LogP contribution in [0, 0.1) is 20.2 Å². The Kier molecular flexibility index (Phi) is 9.38. The number of non-ortho nitro benzene ring substituents is 2. The molecular weight excluding hydrogens is 510 g/mol. The topological polar surface area (TPSA) is 168 Å². The average molecular weight is 534 g/mol. The Morgan fingerprint density at radius 1 is 0.892 bits per heavy atom. The van der Waals surface area contributed by atoms with E-state index in [1.165, 1.54) is 53.4 Å². The van der Waals surface area contributed by atoms with Crippen LogP contribution in [0.3, 0.4) is 0 Å². The number of nitrogens with zero attached hydrogens (tertiary/aromatic N) is 3. The van der Waals surface area contributed by atoms with Gasteiger partial charge in [-0.3, -0.25) is 25.1 Å². The molecule has 2 aromatic rings. The van der Waals surface area contributed by atoms with Gasteiger partial charge >= 0.3 is 17.4 Å². The molecule has 14 heteroatoms. The van der Waals surface area contributed by atoms with E-state index in [1.54, 1.807) is 6.92 Å². The van der Waals surface area contributed by atoms with Crippen LogP contribution < -0.4 is 0 Å². The number of nitro benzene ring substituents is 2. The Hall–Kier alpha value is -4.20. The Labute approximate surface area is 215 Å². The molecule has 0 unspecified atom stereocenters. The van der Waals surface area contributed by atoms with E-state index in [2.05, 4.69) is 0 Å². The van der Waals surface area contributed by atoms with Gasteiger partial charge in [0.15, 0.2) is 0 Å². The maximum atomic E-state index is 12.9. The van der Waals surface area contributed by atoms with Gasteiger partial charge in [-0.15, -0.1) is 0 Å². The highest BCUT2D eigenvalue weighted by Gasteiger charge is 2.43. The zero-order chi connectivity index (χ0) is 26.9. The number of carbonyl (C=O) groups excluding carboxylic acids is 3. The van der Waals surface area contributed by atoms with Crippen LogP contribution in [-0.2, 0) is 32.2 Å². The van der Waals surface area contributed by atoms with Crippen LogP contribution in [0.25, 0.3) is 0 Å². The van der Waals surface area contributed by atoms with Crippen molar-refractivity contribution in [1.29, 1.82) is 0 Å². The summed E-state index contributed by atoms with van der Waals surface area (Å²) in [4.78, 5) is 59.3. The molecule has 1 saturated heterocycles. The third-order valence-corrected chi connectivity index (χ3v) is 6.32. The molecular formula is C23H23N3O10S. The van der Waals surface area contributed by atoms with Crippen molar-refractivity contribution in [2.24, 2.45) is 0 Å². The van der Waals surface area contributed by atoms with E-state index in [0.29, 0.717) is 11.1 Å².